The van der Waals surface area contributed by atoms with E-state index in [2.05, 4.69) is 4.98 Å². The number of nitrogens with two attached hydrogens (primary N) is 1. The van der Waals surface area contributed by atoms with E-state index in [1.807, 2.05) is 0 Å². The fourth-order valence-corrected chi connectivity index (χ4v) is 4.15. The van der Waals surface area contributed by atoms with E-state index in [1.165, 1.54) is 12.1 Å². The predicted molar refractivity (Wildman–Crippen MR) is 81.7 cm³/mol. The van der Waals surface area contributed by atoms with E-state index in [0.717, 1.165) is 18.3 Å². The van der Waals surface area contributed by atoms with Crippen LogP contribution in [0.1, 0.15) is 10.4 Å². The first-order valence-corrected chi connectivity index (χ1v) is 9.43. The van der Waals surface area contributed by atoms with Gasteiger partial charge in [0.25, 0.3) is 15.9 Å². The Bertz CT molecular complexity index is 1020. The number of pyridine rings is 1. The summed E-state index contributed by atoms with van der Waals surface area (Å²) in [4.78, 5) is 13.9. The number of carbonyl (C=O) groups excluding carboxylic acids is 1. The van der Waals surface area contributed by atoms with Gasteiger partial charge in [0.2, 0.25) is 10.0 Å². The molecule has 2 aromatic rings. The lowest BCUT2D eigenvalue weighted by Crippen LogP contribution is -2.32. The monoisotopic (exact) mass is 393 g/mol. The Morgan fingerprint density at radius 3 is 2.29 bits per heavy atom. The fraction of sp³-hybridized carbons (Fsp3) is 0. The van der Waals surface area contributed by atoms with E-state index < -0.39 is 52.3 Å². The quantitative estimate of drug-likeness (QED) is 0.731. The fourth-order valence-electron chi connectivity index (χ4n) is 1.69. The van der Waals surface area contributed by atoms with Gasteiger partial charge in [0, 0.05) is 6.20 Å². The van der Waals surface area contributed by atoms with Crippen LogP contribution in [0.25, 0.3) is 0 Å². The molecule has 24 heavy (non-hydrogen) atoms. The molecule has 1 aromatic heterocycles. The first kappa shape index (κ1) is 18.3. The number of carbonyl (C=O) groups is 1. The van der Waals surface area contributed by atoms with Crippen molar-refractivity contribution in [3.8, 4) is 0 Å². The zero-order valence-corrected chi connectivity index (χ0v) is 14.0. The van der Waals surface area contributed by atoms with Crippen molar-refractivity contribution in [1.29, 1.82) is 0 Å². The van der Waals surface area contributed by atoms with Crippen molar-refractivity contribution in [3.05, 3.63) is 53.1 Å². The van der Waals surface area contributed by atoms with Crippen LogP contribution in [0.3, 0.4) is 0 Å². The Hall–Kier alpha value is -2.08. The van der Waals surface area contributed by atoms with Crippen LogP contribution in [-0.2, 0) is 20.0 Å². The lowest BCUT2D eigenvalue weighted by molar-refractivity contribution is 0.0980. The Morgan fingerprint density at radius 2 is 1.75 bits per heavy atom. The second-order valence-electron chi connectivity index (χ2n) is 4.42. The van der Waals surface area contributed by atoms with Crippen LogP contribution in [0.15, 0.2) is 46.3 Å². The Kier molecular flexibility index (Phi) is 4.90. The lowest BCUT2D eigenvalue weighted by Gasteiger charge is -2.10. The molecule has 1 amide bonds. The van der Waals surface area contributed by atoms with E-state index >= 15 is 0 Å². The van der Waals surface area contributed by atoms with Crippen molar-refractivity contribution in [1.82, 2.24) is 9.71 Å². The third-order valence-corrected chi connectivity index (χ3v) is 5.50. The Balaban J connectivity index is 2.42. The van der Waals surface area contributed by atoms with Gasteiger partial charge < -0.3 is 0 Å². The summed E-state index contributed by atoms with van der Waals surface area (Å²) in [6, 6.07) is 5.12. The minimum atomic E-state index is -4.59. The summed E-state index contributed by atoms with van der Waals surface area (Å²) in [6.45, 7) is 0. The molecule has 0 unspecified atom stereocenters. The van der Waals surface area contributed by atoms with Gasteiger partial charge in [-0.3, -0.25) is 4.79 Å². The molecule has 0 bridgehead atoms. The predicted octanol–water partition coefficient (Wildman–Crippen LogP) is 0.640. The van der Waals surface area contributed by atoms with E-state index in [9.17, 15) is 26.0 Å². The zero-order valence-electron chi connectivity index (χ0n) is 11.6. The number of nitrogens with one attached hydrogen (secondary N) is 1. The van der Waals surface area contributed by atoms with E-state index in [0.29, 0.717) is 6.07 Å². The molecule has 8 nitrogen and oxygen atoms in total. The molecular weight excluding hydrogens is 385 g/mol. The molecule has 1 heterocycles. The van der Waals surface area contributed by atoms with E-state index in [4.69, 9.17) is 16.7 Å². The van der Waals surface area contributed by atoms with Crippen LogP contribution in [0.5, 0.6) is 0 Å². The maximum Gasteiger partial charge on any atom is 0.266 e. The van der Waals surface area contributed by atoms with Crippen LogP contribution in [0.2, 0.25) is 5.15 Å². The summed E-state index contributed by atoms with van der Waals surface area (Å²) >= 11 is 5.37. The summed E-state index contributed by atoms with van der Waals surface area (Å²) in [5.41, 5.74) is -0.423. The van der Waals surface area contributed by atoms with Crippen molar-refractivity contribution in [2.24, 2.45) is 5.14 Å². The third kappa shape index (κ3) is 3.87. The second-order valence-corrected chi connectivity index (χ2v) is 7.96. The van der Waals surface area contributed by atoms with Crippen molar-refractivity contribution in [3.63, 3.8) is 0 Å². The van der Waals surface area contributed by atoms with Gasteiger partial charge in [-0.15, -0.1) is 0 Å². The average Bonchev–Trinajstić information content (AvgIpc) is 2.48. The first-order valence-electron chi connectivity index (χ1n) is 6.02. The molecule has 0 spiro atoms. The van der Waals surface area contributed by atoms with Gasteiger partial charge in [-0.1, -0.05) is 23.7 Å². The first-order chi connectivity index (χ1) is 11.0. The van der Waals surface area contributed by atoms with E-state index in [1.54, 1.807) is 4.72 Å². The number of sulfonamides is 2. The number of primary sulfonamides is 1. The number of hydrogen-bond acceptors (Lipinski definition) is 6. The molecule has 0 radical (unpaired) electrons. The smallest absolute Gasteiger partial charge is 0.266 e. The number of hydrogen-bond donors (Lipinski definition) is 2. The maximum absolute atomic E-state index is 13.3. The van der Waals surface area contributed by atoms with Gasteiger partial charge in [-0.25, -0.2) is 36.1 Å². The van der Waals surface area contributed by atoms with Gasteiger partial charge in [0.05, 0.1) is 5.56 Å². The van der Waals surface area contributed by atoms with Gasteiger partial charge in [-0.05, 0) is 18.2 Å². The van der Waals surface area contributed by atoms with E-state index in [-0.39, 0.29) is 0 Å². The van der Waals surface area contributed by atoms with Gasteiger partial charge >= 0.3 is 0 Å². The highest BCUT2D eigenvalue weighted by Crippen LogP contribution is 2.20. The molecule has 0 atom stereocenters. The third-order valence-electron chi connectivity index (χ3n) is 2.73. The normalized spacial score (nSPS) is 12.0. The highest BCUT2D eigenvalue weighted by Gasteiger charge is 2.26. The summed E-state index contributed by atoms with van der Waals surface area (Å²) in [5, 5.41) is 4.46. The van der Waals surface area contributed by atoms with Crippen molar-refractivity contribution < 1.29 is 26.0 Å². The Morgan fingerprint density at radius 1 is 1.17 bits per heavy atom. The summed E-state index contributed by atoms with van der Waals surface area (Å²) < 4.78 is 62.3. The van der Waals surface area contributed by atoms with Gasteiger partial charge in [-0.2, -0.15) is 0 Å². The van der Waals surface area contributed by atoms with Crippen LogP contribution in [0, 0.1) is 5.82 Å². The van der Waals surface area contributed by atoms with Crippen LogP contribution < -0.4 is 9.86 Å². The molecule has 128 valence electrons. The lowest BCUT2D eigenvalue weighted by atomic mass is 10.3. The molecule has 0 fully saturated rings. The number of halogens is 2. The number of nitrogens with zero attached hydrogens (tertiary/aromatic N) is 1. The molecular formula is C12H9ClFN3O5S2. The summed E-state index contributed by atoms with van der Waals surface area (Å²) in [7, 11) is -8.94. The van der Waals surface area contributed by atoms with Crippen LogP contribution >= 0.6 is 11.6 Å². The minimum Gasteiger partial charge on any atom is -0.268 e. The molecule has 1 aromatic carbocycles. The number of benzene rings is 1. The number of rotatable bonds is 4. The van der Waals surface area contributed by atoms with Gasteiger partial charge in [0.1, 0.15) is 9.79 Å². The second kappa shape index (κ2) is 6.43. The van der Waals surface area contributed by atoms with Crippen LogP contribution in [0.4, 0.5) is 4.39 Å². The topological polar surface area (TPSA) is 136 Å². The van der Waals surface area contributed by atoms with Crippen molar-refractivity contribution >= 4 is 37.6 Å². The summed E-state index contributed by atoms with van der Waals surface area (Å²) in [5.74, 6) is -2.24. The standard InChI is InChI=1S/C12H9ClFN3O5S2/c13-11-8(14)5-7(6-16-11)12(18)17-24(21,22)10-4-2-1-3-9(10)23(15,19)20/h1-6H,(H,17,18)(H2,15,19,20). The maximum atomic E-state index is 13.3. The molecule has 0 aliphatic carbocycles. The molecule has 12 heteroatoms. The SMILES string of the molecule is NS(=O)(=O)c1ccccc1S(=O)(=O)NC(=O)c1cnc(Cl)c(F)c1. The molecule has 2 rings (SSSR count). The molecule has 0 aliphatic heterocycles. The van der Waals surface area contributed by atoms with Gasteiger partial charge in [0.15, 0.2) is 11.0 Å². The van der Waals surface area contributed by atoms with Crippen molar-refractivity contribution in [2.75, 3.05) is 0 Å². The minimum absolute atomic E-state index is 0.423. The number of amides is 1. The summed E-state index contributed by atoms with van der Waals surface area (Å²) in [6.07, 6.45) is 0.863. The molecule has 0 saturated heterocycles. The van der Waals surface area contributed by atoms with Crippen molar-refractivity contribution in [2.45, 2.75) is 9.79 Å². The zero-order chi connectivity index (χ0) is 18.1. The van der Waals surface area contributed by atoms with Crippen LogP contribution in [-0.4, -0.2) is 27.7 Å². The number of aromatic nitrogens is 1. The molecule has 0 aliphatic rings. The molecule has 0 saturated carbocycles. The highest BCUT2D eigenvalue weighted by molar-refractivity contribution is 7.92. The highest BCUT2D eigenvalue weighted by atomic mass is 35.5. The molecule has 3 N–H and O–H groups in total. The largest absolute Gasteiger partial charge is 0.268 e. The Labute approximate surface area is 141 Å². The average molecular weight is 394 g/mol.